The minimum atomic E-state index is -0.922. The van der Waals surface area contributed by atoms with Gasteiger partial charge in [-0.2, -0.15) is 0 Å². The molecule has 4 amide bonds. The highest BCUT2D eigenvalue weighted by Gasteiger charge is 2.37. The second kappa shape index (κ2) is 18.0. The molecule has 2 N–H and O–H groups in total. The van der Waals surface area contributed by atoms with Crippen LogP contribution in [0.15, 0.2) is 83.8 Å². The number of hydrogen-bond donors (Lipinski definition) is 2. The van der Waals surface area contributed by atoms with E-state index in [2.05, 4.69) is 5.32 Å². The van der Waals surface area contributed by atoms with Crippen LogP contribution in [-0.4, -0.2) is 100 Å². The second-order valence-corrected chi connectivity index (χ2v) is 16.7. The molecule has 1 aliphatic rings. The lowest BCUT2D eigenvalue weighted by atomic mass is 9.95. The minimum Gasteiger partial charge on any atom is -0.444 e. The SMILES string of the molecule is C/C(=C\C(=O)N(C)[C@H](Cc1ccc(-c2ccccc2)cc1)C(=O)N(C)[C@H](Cc1cccs1)C(=O)N1CCC(O)CC1)CC(C)(C)NC(=O)OC(C)(C)C. The Kier molecular flexibility index (Phi) is 14.0. The van der Waals surface area contributed by atoms with Gasteiger partial charge >= 0.3 is 6.09 Å². The van der Waals surface area contributed by atoms with Gasteiger partial charge in [-0.15, -0.1) is 11.3 Å². The zero-order valence-electron chi connectivity index (χ0n) is 32.4. The molecule has 2 aromatic carbocycles. The van der Waals surface area contributed by atoms with E-state index in [1.807, 2.05) is 92.9 Å². The minimum absolute atomic E-state index is 0.170. The van der Waals surface area contributed by atoms with Gasteiger partial charge in [0.05, 0.1) is 6.10 Å². The number of carbonyl (C=O) groups excluding carboxylic acids is 4. The van der Waals surface area contributed by atoms with Gasteiger partial charge in [0.25, 0.3) is 0 Å². The van der Waals surface area contributed by atoms with Crippen LogP contribution >= 0.6 is 11.3 Å². The smallest absolute Gasteiger partial charge is 0.408 e. The number of benzene rings is 2. The third kappa shape index (κ3) is 12.3. The largest absolute Gasteiger partial charge is 0.444 e. The number of nitrogens with one attached hydrogen (secondary N) is 1. The lowest BCUT2D eigenvalue weighted by Crippen LogP contribution is -2.57. The van der Waals surface area contributed by atoms with Crippen molar-refractivity contribution in [3.63, 3.8) is 0 Å². The standard InChI is InChI=1S/C42H56N4O6S/c1-29(28-42(5,6)43-40(51)52-41(2,3)4)25-37(48)44(7)35(26-30-16-18-32(19-17-30)31-13-10-9-11-14-31)38(49)45(8)36(27-34-15-12-24-53-34)39(50)46-22-20-33(47)21-23-46/h9-19,24-25,33,35-36,47H,20-23,26-28H2,1-8H3,(H,43,51)/b29-25+/t35-,36-/m1/s1. The summed E-state index contributed by atoms with van der Waals surface area (Å²) in [6.07, 6.45) is 2.44. The maximum atomic E-state index is 14.7. The Balaban J connectivity index is 1.61. The molecule has 10 nitrogen and oxygen atoms in total. The van der Waals surface area contributed by atoms with Gasteiger partial charge in [-0.1, -0.05) is 66.2 Å². The van der Waals surface area contributed by atoms with Gasteiger partial charge in [-0.25, -0.2) is 4.79 Å². The second-order valence-electron chi connectivity index (χ2n) is 15.7. The van der Waals surface area contributed by atoms with Crippen LogP contribution in [0.4, 0.5) is 4.79 Å². The number of ether oxygens (including phenoxy) is 1. The number of likely N-dealkylation sites (tertiary alicyclic amines) is 1. The first-order chi connectivity index (χ1) is 24.9. The normalized spacial score (nSPS) is 15.3. The summed E-state index contributed by atoms with van der Waals surface area (Å²) in [6, 6.07) is 20.1. The molecule has 0 spiro atoms. The van der Waals surface area contributed by atoms with Crippen LogP contribution < -0.4 is 5.32 Å². The Morgan fingerprint density at radius 1 is 0.887 bits per heavy atom. The predicted octanol–water partition coefficient (Wildman–Crippen LogP) is 6.48. The molecule has 2 heterocycles. The molecule has 2 atom stereocenters. The van der Waals surface area contributed by atoms with E-state index in [-0.39, 0.29) is 24.1 Å². The van der Waals surface area contributed by atoms with Crippen molar-refractivity contribution in [2.75, 3.05) is 27.2 Å². The van der Waals surface area contributed by atoms with Crippen LogP contribution in [0.25, 0.3) is 11.1 Å². The van der Waals surface area contributed by atoms with E-state index < -0.39 is 35.4 Å². The van der Waals surface area contributed by atoms with Crippen LogP contribution in [0, 0.1) is 0 Å². The Bertz CT molecular complexity index is 1710. The zero-order valence-corrected chi connectivity index (χ0v) is 33.2. The number of aliphatic hydroxyl groups is 1. The van der Waals surface area contributed by atoms with Crippen molar-refractivity contribution in [1.82, 2.24) is 20.0 Å². The highest BCUT2D eigenvalue weighted by molar-refractivity contribution is 7.09. The summed E-state index contributed by atoms with van der Waals surface area (Å²) in [4.78, 5) is 60.9. The van der Waals surface area contributed by atoms with Gasteiger partial charge in [0.2, 0.25) is 17.7 Å². The summed E-state index contributed by atoms with van der Waals surface area (Å²) in [6.45, 7) is 11.8. The van der Waals surface area contributed by atoms with Gasteiger partial charge in [-0.3, -0.25) is 14.4 Å². The van der Waals surface area contributed by atoms with Gasteiger partial charge < -0.3 is 29.9 Å². The van der Waals surface area contributed by atoms with Gasteiger partial charge in [0, 0.05) is 56.5 Å². The first kappa shape index (κ1) is 41.3. The number of nitrogens with zero attached hydrogens (tertiary/aromatic N) is 3. The van der Waals surface area contributed by atoms with Crippen LogP contribution in [0.2, 0.25) is 0 Å². The fourth-order valence-corrected chi connectivity index (χ4v) is 7.35. The van der Waals surface area contributed by atoms with Crippen molar-refractivity contribution in [1.29, 1.82) is 0 Å². The van der Waals surface area contributed by atoms with Gasteiger partial charge in [-0.05, 0) is 88.9 Å². The molecular formula is C42H56N4O6S. The molecule has 0 aliphatic carbocycles. The summed E-state index contributed by atoms with van der Waals surface area (Å²) in [5.74, 6) is -0.885. The molecule has 0 unspecified atom stereocenters. The molecule has 286 valence electrons. The average molecular weight is 745 g/mol. The van der Waals surface area contributed by atoms with E-state index in [0.717, 1.165) is 21.6 Å². The Morgan fingerprint density at radius 3 is 2.09 bits per heavy atom. The molecule has 1 saturated heterocycles. The van der Waals surface area contributed by atoms with Crippen LogP contribution in [0.1, 0.15) is 71.2 Å². The van der Waals surface area contributed by atoms with E-state index in [1.54, 1.807) is 39.8 Å². The summed E-state index contributed by atoms with van der Waals surface area (Å²) in [5, 5.41) is 14.9. The van der Waals surface area contributed by atoms with Crippen molar-refractivity contribution in [2.24, 2.45) is 0 Å². The van der Waals surface area contributed by atoms with Crippen LogP contribution in [0.5, 0.6) is 0 Å². The number of amides is 4. The predicted molar refractivity (Wildman–Crippen MR) is 210 cm³/mol. The molecule has 4 rings (SSSR count). The van der Waals surface area contributed by atoms with Crippen molar-refractivity contribution in [3.05, 3.63) is 94.2 Å². The topological polar surface area (TPSA) is 119 Å². The Morgan fingerprint density at radius 2 is 1.51 bits per heavy atom. The zero-order chi connectivity index (χ0) is 38.9. The van der Waals surface area contributed by atoms with E-state index in [4.69, 9.17) is 4.74 Å². The molecular weight excluding hydrogens is 689 g/mol. The lowest BCUT2D eigenvalue weighted by molar-refractivity contribution is -0.150. The molecule has 11 heteroatoms. The van der Waals surface area contributed by atoms with E-state index in [1.165, 1.54) is 27.2 Å². The highest BCUT2D eigenvalue weighted by atomic mass is 32.1. The highest BCUT2D eigenvalue weighted by Crippen LogP contribution is 2.24. The molecule has 0 saturated carbocycles. The van der Waals surface area contributed by atoms with Gasteiger partial charge in [0.15, 0.2) is 0 Å². The summed E-state index contributed by atoms with van der Waals surface area (Å²) in [5.41, 5.74) is 2.33. The van der Waals surface area contributed by atoms with Crippen molar-refractivity contribution < 1.29 is 29.0 Å². The maximum absolute atomic E-state index is 14.7. The quantitative estimate of drug-likeness (QED) is 0.194. The molecule has 3 aromatic rings. The first-order valence-corrected chi connectivity index (χ1v) is 19.2. The Labute approximate surface area is 318 Å². The average Bonchev–Trinajstić information content (AvgIpc) is 3.61. The molecule has 0 bridgehead atoms. The Hall–Kier alpha value is -4.48. The van der Waals surface area contributed by atoms with Crippen LogP contribution in [0.3, 0.4) is 0 Å². The number of aliphatic hydroxyl groups excluding tert-OH is 1. The first-order valence-electron chi connectivity index (χ1n) is 18.3. The number of rotatable bonds is 13. The number of carbonyl (C=O) groups is 4. The van der Waals surface area contributed by atoms with Gasteiger partial charge in [0.1, 0.15) is 17.7 Å². The van der Waals surface area contributed by atoms with Crippen LogP contribution in [-0.2, 0) is 32.0 Å². The summed E-state index contributed by atoms with van der Waals surface area (Å²) < 4.78 is 5.43. The molecule has 1 aliphatic heterocycles. The lowest BCUT2D eigenvalue weighted by Gasteiger charge is -2.38. The number of thiophene rings is 1. The maximum Gasteiger partial charge on any atom is 0.408 e. The monoisotopic (exact) mass is 744 g/mol. The molecule has 53 heavy (non-hydrogen) atoms. The van der Waals surface area contributed by atoms with E-state index in [9.17, 15) is 24.3 Å². The summed E-state index contributed by atoms with van der Waals surface area (Å²) in [7, 11) is 3.26. The van der Waals surface area contributed by atoms with E-state index in [0.29, 0.717) is 44.3 Å². The van der Waals surface area contributed by atoms with E-state index >= 15 is 0 Å². The van der Waals surface area contributed by atoms with Crippen molar-refractivity contribution >= 4 is 35.2 Å². The molecule has 0 radical (unpaired) electrons. The number of hydrogen-bond acceptors (Lipinski definition) is 7. The number of likely N-dealkylation sites (N-methyl/N-ethyl adjacent to an activating group) is 2. The third-order valence-electron chi connectivity index (χ3n) is 9.37. The molecule has 1 aromatic heterocycles. The summed E-state index contributed by atoms with van der Waals surface area (Å²) >= 11 is 1.53. The fraction of sp³-hybridized carbons (Fsp3) is 0.476. The third-order valence-corrected chi connectivity index (χ3v) is 10.3. The van der Waals surface area contributed by atoms with Crippen molar-refractivity contribution in [3.8, 4) is 11.1 Å². The number of alkyl carbamates (subject to hydrolysis) is 1. The molecule has 1 fully saturated rings. The van der Waals surface area contributed by atoms with Crippen molar-refractivity contribution in [2.45, 2.75) is 103 Å². The number of piperidine rings is 1. The fourth-order valence-electron chi connectivity index (χ4n) is 6.61.